The van der Waals surface area contributed by atoms with Gasteiger partial charge in [-0.1, -0.05) is 43.3 Å². The molecule has 0 aromatic heterocycles. The van der Waals surface area contributed by atoms with Crippen molar-refractivity contribution in [2.24, 2.45) is 0 Å². The predicted octanol–water partition coefficient (Wildman–Crippen LogP) is 3.00. The van der Waals surface area contributed by atoms with Gasteiger partial charge in [0.05, 0.1) is 23.7 Å². The second kappa shape index (κ2) is 6.55. The molecule has 1 atom stereocenters. The third-order valence-electron chi connectivity index (χ3n) is 4.25. The van der Waals surface area contributed by atoms with Crippen LogP contribution in [0.5, 0.6) is 0 Å². The number of carbonyl (C=O) groups is 2. The third kappa shape index (κ3) is 2.74. The first-order valence-corrected chi connectivity index (χ1v) is 7.84. The van der Waals surface area contributed by atoms with Gasteiger partial charge in [0.1, 0.15) is 0 Å². The van der Waals surface area contributed by atoms with Crippen molar-refractivity contribution in [2.75, 3.05) is 0 Å². The van der Waals surface area contributed by atoms with Gasteiger partial charge in [0, 0.05) is 0 Å². The molecule has 2 aromatic carbocycles. The normalized spacial score (nSPS) is 14.2. The lowest BCUT2D eigenvalue weighted by molar-refractivity contribution is 0.0642. The number of amides is 2. The molecule has 0 saturated carbocycles. The van der Waals surface area contributed by atoms with Crippen LogP contribution in [-0.2, 0) is 6.54 Å². The van der Waals surface area contributed by atoms with Crippen molar-refractivity contribution in [3.63, 3.8) is 0 Å². The van der Waals surface area contributed by atoms with Crippen LogP contribution in [-0.4, -0.2) is 16.7 Å². The van der Waals surface area contributed by atoms with Gasteiger partial charge in [0.2, 0.25) is 0 Å². The Morgan fingerprint density at radius 2 is 1.62 bits per heavy atom. The highest BCUT2D eigenvalue weighted by Crippen LogP contribution is 2.25. The molecule has 5 nitrogen and oxygen atoms in total. The highest BCUT2D eigenvalue weighted by Gasteiger charge is 2.34. The quantitative estimate of drug-likeness (QED) is 0.522. The van der Waals surface area contributed by atoms with E-state index in [0.717, 1.165) is 17.5 Å². The second-order valence-corrected chi connectivity index (χ2v) is 5.70. The monoisotopic (exact) mass is 319 g/mol. The average Bonchev–Trinajstić information content (AvgIpc) is 2.86. The molecule has 24 heavy (non-hydrogen) atoms. The van der Waals surface area contributed by atoms with Crippen molar-refractivity contribution in [2.45, 2.75) is 25.9 Å². The smallest absolute Gasteiger partial charge is 0.261 e. The Morgan fingerprint density at radius 1 is 1.04 bits per heavy atom. The maximum absolute atomic E-state index is 12.4. The zero-order chi connectivity index (χ0) is 17.1. The van der Waals surface area contributed by atoms with E-state index in [0.29, 0.717) is 11.1 Å². The summed E-state index contributed by atoms with van der Waals surface area (Å²) in [7, 11) is 0. The first-order chi connectivity index (χ1) is 11.7. The van der Waals surface area contributed by atoms with Crippen LogP contribution < -0.4 is 5.32 Å². The number of rotatable bonds is 5. The lowest BCUT2D eigenvalue weighted by Gasteiger charge is -2.16. The molecule has 0 spiro atoms. The minimum atomic E-state index is -0.253. The Labute approximate surface area is 140 Å². The molecule has 1 heterocycles. The molecule has 1 N–H and O–H groups in total. The number of benzene rings is 2. The molecule has 1 unspecified atom stereocenters. The van der Waals surface area contributed by atoms with Crippen molar-refractivity contribution in [3.05, 3.63) is 70.8 Å². The summed E-state index contributed by atoms with van der Waals surface area (Å²) in [6.07, 6.45) is 2.76. The maximum atomic E-state index is 12.4. The largest absolute Gasteiger partial charge is 0.316 e. The SMILES string of the molecule is CCC(NC#N)c1ccc(CN2C(=O)c3ccccc3C2=O)cc1. The fourth-order valence-corrected chi connectivity index (χ4v) is 2.92. The molecule has 1 aliphatic rings. The molecule has 0 bridgehead atoms. The number of nitrogens with zero attached hydrogens (tertiary/aromatic N) is 2. The number of carbonyl (C=O) groups excluding carboxylic acids is 2. The van der Waals surface area contributed by atoms with Crippen LogP contribution in [0.4, 0.5) is 0 Å². The summed E-state index contributed by atoms with van der Waals surface area (Å²) in [4.78, 5) is 26.0. The number of nitrogens with one attached hydrogen (secondary N) is 1. The minimum absolute atomic E-state index is 0.0247. The number of hydrogen-bond acceptors (Lipinski definition) is 4. The van der Waals surface area contributed by atoms with Crippen LogP contribution >= 0.6 is 0 Å². The predicted molar refractivity (Wildman–Crippen MR) is 88.9 cm³/mol. The van der Waals surface area contributed by atoms with Crippen molar-refractivity contribution in [1.29, 1.82) is 5.26 Å². The molecule has 0 saturated heterocycles. The summed E-state index contributed by atoms with van der Waals surface area (Å²) >= 11 is 0. The number of hydrogen-bond donors (Lipinski definition) is 1. The molecule has 3 rings (SSSR count). The number of imide groups is 1. The zero-order valence-electron chi connectivity index (χ0n) is 13.3. The Balaban J connectivity index is 1.77. The molecule has 120 valence electrons. The van der Waals surface area contributed by atoms with Crippen molar-refractivity contribution >= 4 is 11.8 Å². The van der Waals surface area contributed by atoms with E-state index in [4.69, 9.17) is 5.26 Å². The fourth-order valence-electron chi connectivity index (χ4n) is 2.92. The van der Waals surface area contributed by atoms with Gasteiger partial charge in [0.25, 0.3) is 11.8 Å². The molecule has 2 aromatic rings. The first kappa shape index (κ1) is 15.8. The van der Waals surface area contributed by atoms with Crippen LogP contribution in [0, 0.1) is 11.5 Å². The molecule has 1 aliphatic heterocycles. The van der Waals surface area contributed by atoms with Gasteiger partial charge in [-0.05, 0) is 29.7 Å². The molecular formula is C19H17N3O2. The number of fused-ring (bicyclic) bond motifs is 1. The Hall–Kier alpha value is -3.13. The molecule has 5 heteroatoms. The molecule has 0 radical (unpaired) electrons. The second-order valence-electron chi connectivity index (χ2n) is 5.70. The van der Waals surface area contributed by atoms with Gasteiger partial charge >= 0.3 is 0 Å². The first-order valence-electron chi connectivity index (χ1n) is 7.84. The van der Waals surface area contributed by atoms with Crippen LogP contribution in [0.2, 0.25) is 0 Å². The van der Waals surface area contributed by atoms with Crippen molar-refractivity contribution < 1.29 is 9.59 Å². The van der Waals surface area contributed by atoms with Crippen molar-refractivity contribution in [1.82, 2.24) is 10.2 Å². The van der Waals surface area contributed by atoms with Gasteiger partial charge in [-0.2, -0.15) is 5.26 Å². The van der Waals surface area contributed by atoms with E-state index in [1.54, 1.807) is 24.3 Å². The Bertz CT molecular complexity index is 786. The lowest BCUT2D eigenvalue weighted by Crippen LogP contribution is -2.29. The van der Waals surface area contributed by atoms with Gasteiger partial charge in [-0.25, -0.2) is 0 Å². The number of nitriles is 1. The highest BCUT2D eigenvalue weighted by molar-refractivity contribution is 6.21. The van der Waals surface area contributed by atoms with E-state index in [1.165, 1.54) is 4.90 Å². The van der Waals surface area contributed by atoms with Gasteiger partial charge < -0.3 is 5.32 Å². The van der Waals surface area contributed by atoms with E-state index in [2.05, 4.69) is 5.32 Å². The lowest BCUT2D eigenvalue weighted by atomic mass is 10.0. The van der Waals surface area contributed by atoms with E-state index < -0.39 is 0 Å². The Morgan fingerprint density at radius 3 is 2.12 bits per heavy atom. The maximum Gasteiger partial charge on any atom is 0.261 e. The third-order valence-corrected chi connectivity index (χ3v) is 4.25. The standard InChI is InChI=1S/C19H17N3O2/c1-2-17(21-12-20)14-9-7-13(8-10-14)11-22-18(23)15-5-3-4-6-16(15)19(22)24/h3-10,17,21H,2,11H2,1H3. The minimum Gasteiger partial charge on any atom is -0.316 e. The van der Waals surface area contributed by atoms with Gasteiger partial charge in [0.15, 0.2) is 6.19 Å². The van der Waals surface area contributed by atoms with Crippen LogP contribution in [0.1, 0.15) is 51.2 Å². The van der Waals surface area contributed by atoms with E-state index in [9.17, 15) is 9.59 Å². The van der Waals surface area contributed by atoms with Gasteiger partial charge in [-0.3, -0.25) is 14.5 Å². The van der Waals surface area contributed by atoms with Crippen LogP contribution in [0.3, 0.4) is 0 Å². The van der Waals surface area contributed by atoms with E-state index in [-0.39, 0.29) is 24.4 Å². The van der Waals surface area contributed by atoms with E-state index in [1.807, 2.05) is 37.4 Å². The molecule has 2 amide bonds. The molecule has 0 fully saturated rings. The highest BCUT2D eigenvalue weighted by atomic mass is 16.2. The fraction of sp³-hybridized carbons (Fsp3) is 0.211. The molecular weight excluding hydrogens is 302 g/mol. The summed E-state index contributed by atoms with van der Waals surface area (Å²) in [5.74, 6) is -0.505. The molecule has 0 aliphatic carbocycles. The van der Waals surface area contributed by atoms with Crippen LogP contribution in [0.15, 0.2) is 48.5 Å². The summed E-state index contributed by atoms with van der Waals surface area (Å²) in [6.45, 7) is 2.25. The van der Waals surface area contributed by atoms with Crippen LogP contribution in [0.25, 0.3) is 0 Å². The van der Waals surface area contributed by atoms with Gasteiger partial charge in [-0.15, -0.1) is 0 Å². The summed E-state index contributed by atoms with van der Waals surface area (Å²) < 4.78 is 0. The Kier molecular flexibility index (Phi) is 4.30. The van der Waals surface area contributed by atoms with Crippen molar-refractivity contribution in [3.8, 4) is 6.19 Å². The summed E-state index contributed by atoms with van der Waals surface area (Å²) in [5.41, 5.74) is 2.80. The van der Waals surface area contributed by atoms with E-state index >= 15 is 0 Å². The summed E-state index contributed by atoms with van der Waals surface area (Å²) in [6, 6.07) is 14.5. The zero-order valence-corrected chi connectivity index (χ0v) is 13.3. The topological polar surface area (TPSA) is 73.2 Å². The average molecular weight is 319 g/mol. The summed E-state index contributed by atoms with van der Waals surface area (Å²) in [5, 5.41) is 11.5.